The predicted molar refractivity (Wildman–Crippen MR) is 116 cm³/mol. The number of hydrogen-bond donors (Lipinski definition) is 1. The van der Waals surface area contributed by atoms with Crippen molar-refractivity contribution in [2.45, 2.75) is 26.3 Å². The van der Waals surface area contributed by atoms with Crippen LogP contribution in [0, 0.1) is 6.92 Å². The molecule has 1 amide bonds. The van der Waals surface area contributed by atoms with E-state index >= 15 is 0 Å². The predicted octanol–water partition coefficient (Wildman–Crippen LogP) is 4.43. The van der Waals surface area contributed by atoms with Crippen LogP contribution in [-0.4, -0.2) is 29.1 Å². The van der Waals surface area contributed by atoms with Crippen LogP contribution in [0.1, 0.15) is 24.2 Å². The summed E-state index contributed by atoms with van der Waals surface area (Å²) in [6, 6.07) is 20.2. The normalized spacial score (nSPS) is 12.2. The van der Waals surface area contributed by atoms with Gasteiger partial charge >= 0.3 is 0 Å². The number of methoxy groups -OCH3 is 1. The highest BCUT2D eigenvalue weighted by Gasteiger charge is 2.16. The molecule has 3 aromatic carbocycles. The van der Waals surface area contributed by atoms with E-state index in [9.17, 15) is 4.79 Å². The van der Waals surface area contributed by atoms with Crippen molar-refractivity contribution in [1.29, 1.82) is 0 Å². The average molecular weight is 387 g/mol. The zero-order valence-corrected chi connectivity index (χ0v) is 17.0. The fraction of sp³-hybridized carbons (Fsp3) is 0.250. The summed E-state index contributed by atoms with van der Waals surface area (Å²) in [5.41, 5.74) is 3.08. The average Bonchev–Trinajstić information content (AvgIpc) is 3.07. The molecule has 0 aliphatic carbocycles. The summed E-state index contributed by atoms with van der Waals surface area (Å²) in [5, 5.41) is 5.27. The van der Waals surface area contributed by atoms with Gasteiger partial charge in [0.1, 0.15) is 11.6 Å². The highest BCUT2D eigenvalue weighted by molar-refractivity contribution is 5.88. The molecule has 1 aromatic heterocycles. The van der Waals surface area contributed by atoms with Gasteiger partial charge in [-0.05, 0) is 54.4 Å². The topological polar surface area (TPSA) is 56.1 Å². The Kier molecular flexibility index (Phi) is 5.21. The molecule has 148 valence electrons. The van der Waals surface area contributed by atoms with Gasteiger partial charge in [0, 0.05) is 13.1 Å². The number of nitrogens with one attached hydrogen (secondary N) is 1. The van der Waals surface area contributed by atoms with E-state index in [2.05, 4.69) is 27.0 Å². The van der Waals surface area contributed by atoms with Gasteiger partial charge in [-0.3, -0.25) is 4.79 Å². The van der Waals surface area contributed by atoms with Crippen molar-refractivity contribution < 1.29 is 9.53 Å². The number of ether oxygens (including phenoxy) is 1. The molecule has 1 N–H and O–H groups in total. The van der Waals surface area contributed by atoms with Crippen molar-refractivity contribution in [2.24, 2.45) is 0 Å². The molecule has 1 heterocycles. The van der Waals surface area contributed by atoms with Crippen LogP contribution in [0.4, 0.5) is 0 Å². The Labute approximate surface area is 170 Å². The summed E-state index contributed by atoms with van der Waals surface area (Å²) in [6.07, 6.45) is 0. The Hall–Kier alpha value is -3.34. The minimum absolute atomic E-state index is 0.0277. The van der Waals surface area contributed by atoms with Gasteiger partial charge in [-0.15, -0.1) is 0 Å². The lowest BCUT2D eigenvalue weighted by atomic mass is 9.97. The molecule has 0 spiro atoms. The van der Waals surface area contributed by atoms with E-state index in [0.29, 0.717) is 13.1 Å². The number of benzene rings is 3. The van der Waals surface area contributed by atoms with Gasteiger partial charge in [0.25, 0.3) is 0 Å². The van der Waals surface area contributed by atoms with E-state index < -0.39 is 0 Å². The van der Waals surface area contributed by atoms with Crippen LogP contribution < -0.4 is 10.1 Å². The molecule has 0 radical (unpaired) electrons. The first kappa shape index (κ1) is 19.0. The molecule has 5 nitrogen and oxygen atoms in total. The highest BCUT2D eigenvalue weighted by atomic mass is 16.5. The first-order valence-corrected chi connectivity index (χ1v) is 9.84. The van der Waals surface area contributed by atoms with Crippen LogP contribution >= 0.6 is 0 Å². The monoisotopic (exact) mass is 387 g/mol. The van der Waals surface area contributed by atoms with Crippen LogP contribution in [0.5, 0.6) is 5.75 Å². The van der Waals surface area contributed by atoms with Crippen molar-refractivity contribution in [3.8, 4) is 5.75 Å². The molecular weight excluding hydrogens is 362 g/mol. The highest BCUT2D eigenvalue weighted by Crippen LogP contribution is 2.25. The summed E-state index contributed by atoms with van der Waals surface area (Å²) in [4.78, 5) is 17.3. The lowest BCUT2D eigenvalue weighted by Gasteiger charge is -2.14. The summed E-state index contributed by atoms with van der Waals surface area (Å²) in [5.74, 6) is 1.60. The fourth-order valence-electron chi connectivity index (χ4n) is 3.71. The second-order valence-corrected chi connectivity index (χ2v) is 7.28. The van der Waals surface area contributed by atoms with Crippen LogP contribution in [0.15, 0.2) is 60.7 Å². The lowest BCUT2D eigenvalue weighted by Crippen LogP contribution is -2.31. The molecular formula is C24H25N3O2. The third kappa shape index (κ3) is 3.81. The first-order valence-electron chi connectivity index (χ1n) is 9.84. The third-order valence-corrected chi connectivity index (χ3v) is 5.44. The Bertz CT molecular complexity index is 1180. The Morgan fingerprint density at radius 3 is 2.69 bits per heavy atom. The summed E-state index contributed by atoms with van der Waals surface area (Å²) < 4.78 is 7.42. The second-order valence-electron chi connectivity index (χ2n) is 7.28. The van der Waals surface area contributed by atoms with Crippen molar-refractivity contribution in [2.75, 3.05) is 13.7 Å². The van der Waals surface area contributed by atoms with E-state index in [-0.39, 0.29) is 11.8 Å². The van der Waals surface area contributed by atoms with E-state index in [1.165, 1.54) is 0 Å². The van der Waals surface area contributed by atoms with E-state index in [1.54, 1.807) is 7.11 Å². The van der Waals surface area contributed by atoms with Gasteiger partial charge in [-0.1, -0.05) is 36.4 Å². The molecule has 4 aromatic rings. The molecule has 0 saturated heterocycles. The molecule has 0 bridgehead atoms. The summed E-state index contributed by atoms with van der Waals surface area (Å²) in [7, 11) is 1.66. The molecule has 4 rings (SSSR count). The maximum atomic E-state index is 12.7. The third-order valence-electron chi connectivity index (χ3n) is 5.44. The maximum absolute atomic E-state index is 12.7. The number of nitrogens with zero attached hydrogens (tertiary/aromatic N) is 2. The van der Waals surface area contributed by atoms with Crippen LogP contribution in [0.2, 0.25) is 0 Å². The molecule has 29 heavy (non-hydrogen) atoms. The Morgan fingerprint density at radius 2 is 1.86 bits per heavy atom. The van der Waals surface area contributed by atoms with Crippen LogP contribution in [0.3, 0.4) is 0 Å². The number of amides is 1. The smallest absolute Gasteiger partial charge is 0.227 e. The zero-order valence-electron chi connectivity index (χ0n) is 17.0. The van der Waals surface area contributed by atoms with Gasteiger partial charge in [-0.25, -0.2) is 4.98 Å². The first-order chi connectivity index (χ1) is 14.1. The molecule has 5 heteroatoms. The standard InChI is InChI=1S/C24H25N3O2/c1-16(18-8-9-20-15-21(29-3)11-10-19(20)14-18)24(28)25-12-13-27-17(2)26-22-6-4-5-7-23(22)27/h4-11,14-16H,12-13H2,1-3H3,(H,25,28)/t16-/m0/s1. The minimum atomic E-state index is -0.220. The Morgan fingerprint density at radius 1 is 1.10 bits per heavy atom. The fourth-order valence-corrected chi connectivity index (χ4v) is 3.71. The SMILES string of the molecule is COc1ccc2cc([C@H](C)C(=O)NCCn3c(C)nc4ccccc43)ccc2c1. The number of rotatable bonds is 6. The number of fused-ring (bicyclic) bond motifs is 2. The van der Waals surface area contributed by atoms with Crippen LogP contribution in [0.25, 0.3) is 21.8 Å². The van der Waals surface area contributed by atoms with Gasteiger partial charge in [0.2, 0.25) is 5.91 Å². The number of carbonyl (C=O) groups excluding carboxylic acids is 1. The van der Waals surface area contributed by atoms with Crippen molar-refractivity contribution in [1.82, 2.24) is 14.9 Å². The van der Waals surface area contributed by atoms with Crippen molar-refractivity contribution in [3.63, 3.8) is 0 Å². The van der Waals surface area contributed by atoms with E-state index in [0.717, 1.165) is 38.9 Å². The number of imidazole rings is 1. The second kappa shape index (κ2) is 7.95. The summed E-state index contributed by atoms with van der Waals surface area (Å²) in [6.45, 7) is 5.20. The zero-order chi connectivity index (χ0) is 20.4. The quantitative estimate of drug-likeness (QED) is 0.533. The van der Waals surface area contributed by atoms with Gasteiger partial charge in [0.05, 0.1) is 24.1 Å². The van der Waals surface area contributed by atoms with Crippen molar-refractivity contribution in [3.05, 3.63) is 72.1 Å². The van der Waals surface area contributed by atoms with E-state index in [4.69, 9.17) is 4.74 Å². The number of aryl methyl sites for hydroxylation is 1. The van der Waals surface area contributed by atoms with Gasteiger partial charge in [0.15, 0.2) is 0 Å². The number of para-hydroxylation sites is 2. The maximum Gasteiger partial charge on any atom is 0.227 e. The summed E-state index contributed by atoms with van der Waals surface area (Å²) >= 11 is 0. The van der Waals surface area contributed by atoms with E-state index in [1.807, 2.05) is 62.4 Å². The van der Waals surface area contributed by atoms with Gasteiger partial charge in [-0.2, -0.15) is 0 Å². The number of carbonyl (C=O) groups is 1. The minimum Gasteiger partial charge on any atom is -0.497 e. The number of hydrogen-bond acceptors (Lipinski definition) is 3. The van der Waals surface area contributed by atoms with Crippen molar-refractivity contribution >= 4 is 27.7 Å². The molecule has 0 fully saturated rings. The lowest BCUT2D eigenvalue weighted by molar-refractivity contribution is -0.122. The van der Waals surface area contributed by atoms with Crippen LogP contribution in [-0.2, 0) is 11.3 Å². The molecule has 0 saturated carbocycles. The molecule has 0 unspecified atom stereocenters. The molecule has 0 aliphatic rings. The number of aromatic nitrogens is 2. The largest absolute Gasteiger partial charge is 0.497 e. The Balaban J connectivity index is 1.43. The van der Waals surface area contributed by atoms with Gasteiger partial charge < -0.3 is 14.6 Å². The molecule has 0 aliphatic heterocycles. The molecule has 1 atom stereocenters.